The summed E-state index contributed by atoms with van der Waals surface area (Å²) in [5.41, 5.74) is 0. The summed E-state index contributed by atoms with van der Waals surface area (Å²) in [5.74, 6) is -0.301. The number of allylic oxidation sites excluding steroid dienone is 18. The Bertz CT molecular complexity index is 2340. The second-order valence-electron chi connectivity index (χ2n) is 29.6. The van der Waals surface area contributed by atoms with Gasteiger partial charge >= 0.3 is 0 Å². The molecule has 0 aromatic heterocycles. The van der Waals surface area contributed by atoms with Gasteiger partial charge in [0.25, 0.3) is 0 Å². The van der Waals surface area contributed by atoms with Crippen LogP contribution in [0.25, 0.3) is 0 Å². The van der Waals surface area contributed by atoms with Crippen LogP contribution < -0.4 is 5.32 Å². The number of aliphatic hydroxyl groups excluding tert-OH is 11. The minimum Gasteiger partial charge on any atom is -0.394 e. The smallest absolute Gasteiger partial charge is 0.220 e. The second kappa shape index (κ2) is 66.1. The average Bonchev–Trinajstić information content (AvgIpc) is 0.781. The van der Waals surface area contributed by atoms with Gasteiger partial charge in [0.1, 0.15) is 73.2 Å². The minimum absolute atomic E-state index is 0.180. The highest BCUT2D eigenvalue weighted by Gasteiger charge is 2.54. The zero-order chi connectivity index (χ0) is 76.7. The number of hydrogen-bond acceptors (Lipinski definition) is 18. The molecule has 3 rings (SSSR count). The summed E-state index contributed by atoms with van der Waals surface area (Å²) in [4.78, 5) is 13.5. The van der Waals surface area contributed by atoms with E-state index in [1.54, 1.807) is 0 Å². The Morgan fingerprint density at radius 2 is 0.642 bits per heavy atom. The second-order valence-corrected chi connectivity index (χ2v) is 29.6. The van der Waals surface area contributed by atoms with Crippen molar-refractivity contribution >= 4 is 5.91 Å². The highest BCUT2D eigenvalue weighted by molar-refractivity contribution is 5.76. The van der Waals surface area contributed by atoms with Crippen molar-refractivity contribution in [1.29, 1.82) is 0 Å². The van der Waals surface area contributed by atoms with E-state index >= 15 is 0 Å². The Labute approximate surface area is 640 Å². The van der Waals surface area contributed by atoms with Crippen molar-refractivity contribution < 1.29 is 89.4 Å². The molecular formula is C87H151NO18. The molecule has 0 radical (unpaired) electrons. The summed E-state index contributed by atoms with van der Waals surface area (Å²) >= 11 is 0. The molecule has 3 aliphatic heterocycles. The van der Waals surface area contributed by atoms with E-state index in [1.807, 2.05) is 6.08 Å². The van der Waals surface area contributed by atoms with Crippen LogP contribution in [0.4, 0.5) is 0 Å². The lowest BCUT2D eigenvalue weighted by molar-refractivity contribution is -0.379. The lowest BCUT2D eigenvalue weighted by Gasteiger charge is -2.48. The molecule has 3 saturated heterocycles. The lowest BCUT2D eigenvalue weighted by Crippen LogP contribution is -2.66. The van der Waals surface area contributed by atoms with Gasteiger partial charge in [0.2, 0.25) is 5.91 Å². The van der Waals surface area contributed by atoms with Crippen molar-refractivity contribution in [2.75, 3.05) is 26.4 Å². The van der Waals surface area contributed by atoms with Crippen LogP contribution in [0.2, 0.25) is 0 Å². The molecule has 0 saturated carbocycles. The van der Waals surface area contributed by atoms with Gasteiger partial charge in [-0.3, -0.25) is 4.79 Å². The zero-order valence-electron chi connectivity index (χ0n) is 65.6. The van der Waals surface area contributed by atoms with Crippen molar-refractivity contribution in [3.05, 3.63) is 109 Å². The maximum atomic E-state index is 13.5. The summed E-state index contributed by atoms with van der Waals surface area (Å²) in [6.07, 6.45) is 64.8. The third kappa shape index (κ3) is 45.1. The van der Waals surface area contributed by atoms with Crippen molar-refractivity contribution in [2.24, 2.45) is 0 Å². The number of aliphatic hydroxyl groups is 11. The topological polar surface area (TPSA) is 307 Å². The molecule has 17 unspecified atom stereocenters. The number of nitrogens with one attached hydrogen (secondary N) is 1. The molecular weight excluding hydrogens is 1350 g/mol. The molecule has 106 heavy (non-hydrogen) atoms. The highest BCUT2D eigenvalue weighted by Crippen LogP contribution is 2.33. The van der Waals surface area contributed by atoms with Gasteiger partial charge in [-0.15, -0.1) is 0 Å². The molecule has 0 aromatic rings. The summed E-state index contributed by atoms with van der Waals surface area (Å²) in [5, 5.41) is 121. The van der Waals surface area contributed by atoms with Gasteiger partial charge in [-0.2, -0.15) is 0 Å². The number of unbranched alkanes of at least 4 members (excludes halogenated alkanes) is 32. The molecule has 3 heterocycles. The molecule has 12 N–H and O–H groups in total. The largest absolute Gasteiger partial charge is 0.394 e. The van der Waals surface area contributed by atoms with Crippen LogP contribution in [-0.2, 0) is 33.2 Å². The van der Waals surface area contributed by atoms with Gasteiger partial charge in [0.15, 0.2) is 18.9 Å². The van der Waals surface area contributed by atoms with Gasteiger partial charge in [-0.25, -0.2) is 0 Å². The SMILES string of the molecule is CC/C=C\C/C=C\C/C=C\C/C=C\C/C=C\C/C=C\C/C=C\C/C=C\C/C=C\CCCC(=O)NC(COC1OC(CO)C(OC2OC(CO)C(OC3OC(CO)C(O)C(O)C3O)C(O)C2O)C(O)C1O)C(O)CCCCCCCCCCCCCCCCCCCCCCCCCCCCCCCCCC. The summed E-state index contributed by atoms with van der Waals surface area (Å²) in [6, 6.07) is -0.929. The first-order chi connectivity index (χ1) is 51.8. The molecule has 0 bridgehead atoms. The number of carbonyl (C=O) groups excluding carboxylic acids is 1. The third-order valence-electron chi connectivity index (χ3n) is 20.4. The predicted molar refractivity (Wildman–Crippen MR) is 424 cm³/mol. The van der Waals surface area contributed by atoms with Crippen molar-refractivity contribution in [3.63, 3.8) is 0 Å². The summed E-state index contributed by atoms with van der Waals surface area (Å²) in [7, 11) is 0. The van der Waals surface area contributed by atoms with Crippen LogP contribution in [0.3, 0.4) is 0 Å². The first kappa shape index (κ1) is 96.6. The Balaban J connectivity index is 1.38. The molecule has 19 nitrogen and oxygen atoms in total. The fourth-order valence-electron chi connectivity index (χ4n) is 13.7. The number of ether oxygens (including phenoxy) is 6. The Morgan fingerprint density at radius 1 is 0.349 bits per heavy atom. The van der Waals surface area contributed by atoms with E-state index in [0.29, 0.717) is 25.7 Å². The van der Waals surface area contributed by atoms with Gasteiger partial charge in [0, 0.05) is 6.42 Å². The number of amides is 1. The number of rotatable bonds is 66. The monoisotopic (exact) mass is 1500 g/mol. The Kier molecular flexibility index (Phi) is 60.3. The van der Waals surface area contributed by atoms with Gasteiger partial charge < -0.3 is 89.9 Å². The van der Waals surface area contributed by atoms with Crippen molar-refractivity contribution in [3.8, 4) is 0 Å². The molecule has 0 aromatic carbocycles. The summed E-state index contributed by atoms with van der Waals surface area (Å²) < 4.78 is 34.5. The molecule has 0 aliphatic carbocycles. The normalized spacial score (nSPS) is 26.2. The molecule has 3 fully saturated rings. The van der Waals surface area contributed by atoms with E-state index in [2.05, 4.69) is 122 Å². The van der Waals surface area contributed by atoms with Gasteiger partial charge in [0.05, 0.1) is 38.6 Å². The van der Waals surface area contributed by atoms with Crippen LogP contribution in [0.1, 0.15) is 303 Å². The van der Waals surface area contributed by atoms with Gasteiger partial charge in [-0.1, -0.05) is 329 Å². The van der Waals surface area contributed by atoms with E-state index in [4.69, 9.17) is 28.4 Å². The maximum absolute atomic E-state index is 13.5. The zero-order valence-corrected chi connectivity index (χ0v) is 65.6. The van der Waals surface area contributed by atoms with E-state index < -0.39 is 124 Å². The van der Waals surface area contributed by atoms with Gasteiger partial charge in [-0.05, 0) is 77.0 Å². The van der Waals surface area contributed by atoms with Crippen molar-refractivity contribution in [1.82, 2.24) is 5.32 Å². The van der Waals surface area contributed by atoms with E-state index in [-0.39, 0.29) is 18.9 Å². The van der Waals surface area contributed by atoms with Crippen LogP contribution in [-0.4, -0.2) is 193 Å². The summed E-state index contributed by atoms with van der Waals surface area (Å²) in [6.45, 7) is 1.67. The maximum Gasteiger partial charge on any atom is 0.220 e. The molecule has 612 valence electrons. The fourth-order valence-corrected chi connectivity index (χ4v) is 13.7. The molecule has 17 atom stereocenters. The average molecular weight is 1500 g/mol. The molecule has 3 aliphatic rings. The molecule has 1 amide bonds. The minimum atomic E-state index is -1.99. The molecule has 19 heteroatoms. The van der Waals surface area contributed by atoms with E-state index in [1.165, 1.54) is 180 Å². The Morgan fingerprint density at radius 3 is 0.981 bits per heavy atom. The van der Waals surface area contributed by atoms with Crippen LogP contribution in [0.5, 0.6) is 0 Å². The number of hydrogen-bond donors (Lipinski definition) is 12. The van der Waals surface area contributed by atoms with E-state index in [9.17, 15) is 61.0 Å². The molecule has 0 spiro atoms. The van der Waals surface area contributed by atoms with Crippen LogP contribution in [0, 0.1) is 0 Å². The number of carbonyl (C=O) groups is 1. The Hall–Kier alpha value is -3.55. The van der Waals surface area contributed by atoms with Crippen LogP contribution in [0.15, 0.2) is 109 Å². The first-order valence-electron chi connectivity index (χ1n) is 42.1. The van der Waals surface area contributed by atoms with E-state index in [0.717, 1.165) is 77.0 Å². The first-order valence-corrected chi connectivity index (χ1v) is 42.1. The highest BCUT2D eigenvalue weighted by atomic mass is 16.8. The fraction of sp³-hybridized carbons (Fsp3) is 0.782. The predicted octanol–water partition coefficient (Wildman–Crippen LogP) is 14.9. The third-order valence-corrected chi connectivity index (χ3v) is 20.4. The standard InChI is InChI=1S/C87H151NO18/c1-3-5-7-9-11-13-15-17-19-21-23-25-27-29-31-33-34-35-37-38-40-42-44-46-48-50-52-54-56-58-60-62-64-71(92)70(88-75(93)65-63-61-59-57-55-53-51-49-47-45-43-41-39-36-32-30-28-26-24-22-20-18-16-14-12-10-8-6-4-2)69-101-85-81(99)78(96)83(73(67-90)103-85)106-87-82(100)79(97)84(74(68-91)104-87)105-86-80(98)77(95)76(94)72(66-89)102-86/h6,8,12,14,18,20,24,26,30,32,39,41,45,47,51,53,57,59,70-74,76-87,89-92,94-100H,3-5,7,9-11,13,15-17,19,21-23,25,27-29,31,33-38,40,42-44,46,48-50,52,54-56,58,60-69H2,1-2H3,(H,88,93)/b8-6-,14-12-,20-18-,26-24-,32-30-,41-39-,47-45-,53-51-,59-57-. The quantitative estimate of drug-likeness (QED) is 0.0199. The van der Waals surface area contributed by atoms with Crippen molar-refractivity contribution in [2.45, 2.75) is 407 Å². The van der Waals surface area contributed by atoms with Crippen LogP contribution >= 0.6 is 0 Å². The lowest BCUT2D eigenvalue weighted by atomic mass is 9.96.